The molecule has 0 aromatic heterocycles. The van der Waals surface area contributed by atoms with E-state index in [2.05, 4.69) is 61.4 Å². The van der Waals surface area contributed by atoms with Crippen molar-refractivity contribution in [1.82, 2.24) is 19.6 Å². The number of likely N-dealkylation sites (N-methyl/N-ethyl adjacent to an activating group) is 2. The second kappa shape index (κ2) is 8.96. The number of halogens is 2. The molecule has 2 heterocycles. The molecule has 2 bridgehead atoms. The Balaban J connectivity index is 0.00000312. The molecule has 0 saturated carbocycles. The van der Waals surface area contributed by atoms with E-state index >= 15 is 0 Å². The van der Waals surface area contributed by atoms with Gasteiger partial charge in [-0.25, -0.2) is 0 Å². The fourth-order valence-electron chi connectivity index (χ4n) is 4.27. The van der Waals surface area contributed by atoms with Crippen LogP contribution in [0.25, 0.3) is 0 Å². The summed E-state index contributed by atoms with van der Waals surface area (Å²) in [5.41, 5.74) is 0.0902. The van der Waals surface area contributed by atoms with Gasteiger partial charge in [0.2, 0.25) is 0 Å². The van der Waals surface area contributed by atoms with Crippen molar-refractivity contribution in [3.8, 4) is 0 Å². The molecule has 7 heteroatoms. The van der Waals surface area contributed by atoms with Crippen LogP contribution in [0.3, 0.4) is 0 Å². The minimum absolute atomic E-state index is 0. The van der Waals surface area contributed by atoms with Crippen LogP contribution in [0.15, 0.2) is 0 Å². The van der Waals surface area contributed by atoms with Crippen molar-refractivity contribution in [2.75, 3.05) is 73.0 Å². The smallest absolute Gasteiger partial charge is 0.305 e. The summed E-state index contributed by atoms with van der Waals surface area (Å²) in [7, 11) is 4.39. The summed E-state index contributed by atoms with van der Waals surface area (Å²) >= 11 is 13.9. The first-order chi connectivity index (χ1) is 10.9. The SMILES string of the molecule is CN1CCN2CCN(CCN(C)CC(C)(C)C2(Cl)Cl)CC(C)(C)C1.[Mn+2]. The molecule has 25 heavy (non-hydrogen) atoms. The monoisotopic (exact) mass is 433 g/mol. The molecule has 2 saturated heterocycles. The quantitative estimate of drug-likeness (QED) is 0.330. The van der Waals surface area contributed by atoms with Crippen molar-refractivity contribution in [3.63, 3.8) is 0 Å². The summed E-state index contributed by atoms with van der Waals surface area (Å²) < 4.78 is -0.861. The van der Waals surface area contributed by atoms with Gasteiger partial charge in [0.25, 0.3) is 0 Å². The Hall–Kier alpha value is 0.939. The van der Waals surface area contributed by atoms with Crippen LogP contribution in [0, 0.1) is 10.8 Å². The first kappa shape index (κ1) is 24.0. The molecule has 0 amide bonds. The van der Waals surface area contributed by atoms with Crippen LogP contribution in [0.4, 0.5) is 0 Å². The van der Waals surface area contributed by atoms with Crippen molar-refractivity contribution in [2.24, 2.45) is 10.8 Å². The maximum Gasteiger partial charge on any atom is 2.00 e. The molecule has 0 spiro atoms. The third-order valence-corrected chi connectivity index (χ3v) is 6.96. The van der Waals surface area contributed by atoms with Gasteiger partial charge in [0.1, 0.15) is 0 Å². The van der Waals surface area contributed by atoms with E-state index in [-0.39, 0.29) is 27.9 Å². The Morgan fingerprint density at radius 3 is 1.80 bits per heavy atom. The average Bonchev–Trinajstić information content (AvgIpc) is 2.41. The molecule has 2 rings (SSSR count). The molecule has 1 radical (unpaired) electrons. The number of nitrogens with zero attached hydrogens (tertiary/aromatic N) is 4. The predicted molar refractivity (Wildman–Crippen MR) is 105 cm³/mol. The molecular weight excluding hydrogens is 398 g/mol. The molecule has 2 aliphatic heterocycles. The zero-order valence-electron chi connectivity index (χ0n) is 16.8. The first-order valence-corrected chi connectivity index (χ1v) is 9.91. The average molecular weight is 434 g/mol. The predicted octanol–water partition coefficient (Wildman–Crippen LogP) is 2.66. The Bertz CT molecular complexity index is 431. The molecular formula is C18H36Cl2MnN4+2. The largest absolute Gasteiger partial charge is 2.00 e. The van der Waals surface area contributed by atoms with Gasteiger partial charge in [0.15, 0.2) is 4.46 Å². The molecule has 2 fully saturated rings. The Labute approximate surface area is 175 Å². The normalized spacial score (nSPS) is 34.1. The fraction of sp³-hybridized carbons (Fsp3) is 1.00. The van der Waals surface area contributed by atoms with E-state index in [1.165, 1.54) is 0 Å². The number of rotatable bonds is 0. The molecule has 4 nitrogen and oxygen atoms in total. The van der Waals surface area contributed by atoms with Crippen LogP contribution in [-0.4, -0.2) is 97.1 Å². The zero-order chi connectivity index (χ0) is 18.2. The van der Waals surface area contributed by atoms with Crippen LogP contribution in [0.2, 0.25) is 0 Å². The van der Waals surface area contributed by atoms with Gasteiger partial charge in [0, 0.05) is 64.3 Å². The molecule has 2 aliphatic rings. The van der Waals surface area contributed by atoms with E-state index in [1.54, 1.807) is 0 Å². The zero-order valence-corrected chi connectivity index (χ0v) is 19.5. The second-order valence-electron chi connectivity index (χ2n) is 9.33. The first-order valence-electron chi connectivity index (χ1n) is 9.15. The van der Waals surface area contributed by atoms with E-state index in [0.29, 0.717) is 0 Å². The Kier molecular flexibility index (Phi) is 8.59. The van der Waals surface area contributed by atoms with Crippen LogP contribution in [0.5, 0.6) is 0 Å². The summed E-state index contributed by atoms with van der Waals surface area (Å²) in [5.74, 6) is 0. The van der Waals surface area contributed by atoms with Gasteiger partial charge in [-0.15, -0.1) is 0 Å². The van der Waals surface area contributed by atoms with E-state index in [9.17, 15) is 0 Å². The Morgan fingerprint density at radius 1 is 0.680 bits per heavy atom. The summed E-state index contributed by atoms with van der Waals surface area (Å²) in [6, 6.07) is 0. The van der Waals surface area contributed by atoms with Gasteiger partial charge in [-0.05, 0) is 19.5 Å². The van der Waals surface area contributed by atoms with Gasteiger partial charge >= 0.3 is 17.1 Å². The maximum absolute atomic E-state index is 6.97. The van der Waals surface area contributed by atoms with Crippen LogP contribution < -0.4 is 0 Å². The number of hydrogen-bond donors (Lipinski definition) is 0. The minimum Gasteiger partial charge on any atom is -0.305 e. The van der Waals surface area contributed by atoms with Gasteiger partial charge in [0.05, 0.1) is 0 Å². The fourth-order valence-corrected chi connectivity index (χ4v) is 4.73. The van der Waals surface area contributed by atoms with Gasteiger partial charge in [-0.2, -0.15) is 0 Å². The molecule has 0 aromatic carbocycles. The van der Waals surface area contributed by atoms with Gasteiger partial charge < -0.3 is 14.7 Å². The summed E-state index contributed by atoms with van der Waals surface area (Å²) in [6.45, 7) is 18.2. The standard InChI is InChI=1S/C18H36Cl2N4.Mn/c1-16(2)13-21(5)8-11-24-12-10-23(14-16)9-7-22(6)15-17(3,4)18(24,19)20;/h7-15H2,1-6H3;/q;+2. The van der Waals surface area contributed by atoms with E-state index in [1.807, 2.05) is 0 Å². The van der Waals surface area contributed by atoms with E-state index < -0.39 is 4.46 Å². The molecule has 0 N–H and O–H groups in total. The van der Waals surface area contributed by atoms with E-state index in [0.717, 1.165) is 58.9 Å². The topological polar surface area (TPSA) is 13.0 Å². The maximum atomic E-state index is 6.97. The second-order valence-corrected chi connectivity index (χ2v) is 10.6. The number of fused-ring (bicyclic) bond motifs is 3. The number of alkyl halides is 2. The van der Waals surface area contributed by atoms with Crippen molar-refractivity contribution >= 4 is 23.2 Å². The molecule has 0 aliphatic carbocycles. The van der Waals surface area contributed by atoms with Crippen molar-refractivity contribution in [3.05, 3.63) is 0 Å². The molecule has 2 atom stereocenters. The van der Waals surface area contributed by atoms with Gasteiger partial charge in [-0.3, -0.25) is 4.90 Å². The van der Waals surface area contributed by atoms with Crippen LogP contribution in [0.1, 0.15) is 27.7 Å². The summed E-state index contributed by atoms with van der Waals surface area (Å²) in [6.07, 6.45) is 0. The summed E-state index contributed by atoms with van der Waals surface area (Å²) in [5, 5.41) is 0. The van der Waals surface area contributed by atoms with Crippen molar-refractivity contribution < 1.29 is 17.1 Å². The third kappa shape index (κ3) is 6.22. The molecule has 0 aromatic rings. The van der Waals surface area contributed by atoms with Gasteiger partial charge in [-0.1, -0.05) is 50.9 Å². The van der Waals surface area contributed by atoms with Crippen molar-refractivity contribution in [2.45, 2.75) is 32.2 Å². The molecule has 147 valence electrons. The van der Waals surface area contributed by atoms with Crippen LogP contribution >= 0.6 is 23.2 Å². The third-order valence-electron chi connectivity index (χ3n) is 5.46. The minimum atomic E-state index is -0.861. The Morgan fingerprint density at radius 2 is 1.16 bits per heavy atom. The van der Waals surface area contributed by atoms with E-state index in [4.69, 9.17) is 23.2 Å². The molecule has 2 unspecified atom stereocenters. The summed E-state index contributed by atoms with van der Waals surface area (Å²) in [4.78, 5) is 9.67. The van der Waals surface area contributed by atoms with Crippen molar-refractivity contribution in [1.29, 1.82) is 0 Å². The van der Waals surface area contributed by atoms with Crippen LogP contribution in [-0.2, 0) is 17.1 Å². The number of hydrogen-bond acceptors (Lipinski definition) is 4.